The van der Waals surface area contributed by atoms with Gasteiger partial charge in [0, 0.05) is 27.9 Å². The van der Waals surface area contributed by atoms with Crippen LogP contribution in [0, 0.1) is 9.39 Å². The number of pyridine rings is 1. The predicted molar refractivity (Wildman–Crippen MR) is 92.9 cm³/mol. The Morgan fingerprint density at radius 2 is 2.05 bits per heavy atom. The quantitative estimate of drug-likeness (QED) is 0.735. The summed E-state index contributed by atoms with van der Waals surface area (Å²) in [6.07, 6.45) is 3.74. The van der Waals surface area contributed by atoms with Crippen LogP contribution in [0.25, 0.3) is 0 Å². The van der Waals surface area contributed by atoms with Gasteiger partial charge in [0.05, 0.1) is 0 Å². The van der Waals surface area contributed by atoms with Crippen LogP contribution in [0.4, 0.5) is 4.39 Å². The third kappa shape index (κ3) is 4.48. The molecule has 1 atom stereocenters. The van der Waals surface area contributed by atoms with Gasteiger partial charge in [0.15, 0.2) is 0 Å². The van der Waals surface area contributed by atoms with E-state index in [0.717, 1.165) is 34.2 Å². The molecule has 1 aromatic carbocycles. The molecule has 0 spiro atoms. The van der Waals surface area contributed by atoms with E-state index in [0.29, 0.717) is 0 Å². The van der Waals surface area contributed by atoms with Gasteiger partial charge < -0.3 is 5.32 Å². The lowest BCUT2D eigenvalue weighted by Crippen LogP contribution is -2.24. The van der Waals surface area contributed by atoms with E-state index in [1.165, 1.54) is 11.6 Å². The maximum atomic E-state index is 13.3. The largest absolute Gasteiger partial charge is 0.310 e. The molecular weight excluding hydrogens is 378 g/mol. The molecule has 1 aromatic heterocycles. The molecule has 0 aliphatic carbocycles. The number of hydrogen-bond acceptors (Lipinski definition) is 2. The van der Waals surface area contributed by atoms with Gasteiger partial charge in [-0.05, 0) is 64.9 Å². The lowest BCUT2D eigenvalue weighted by atomic mass is 10.0. The van der Waals surface area contributed by atoms with Crippen LogP contribution >= 0.6 is 22.6 Å². The average molecular weight is 398 g/mol. The molecule has 2 rings (SSSR count). The molecule has 112 valence electrons. The van der Waals surface area contributed by atoms with Gasteiger partial charge in [-0.2, -0.15) is 0 Å². The molecule has 2 aromatic rings. The van der Waals surface area contributed by atoms with E-state index in [4.69, 9.17) is 0 Å². The summed E-state index contributed by atoms with van der Waals surface area (Å²) in [6, 6.07) is 9.33. The Balaban J connectivity index is 2.21. The lowest BCUT2D eigenvalue weighted by Gasteiger charge is -2.19. The summed E-state index contributed by atoms with van der Waals surface area (Å²) < 4.78 is 14.2. The molecule has 0 aliphatic rings. The maximum Gasteiger partial charge on any atom is 0.124 e. The third-order valence-corrected chi connectivity index (χ3v) is 4.43. The van der Waals surface area contributed by atoms with Crippen molar-refractivity contribution in [1.29, 1.82) is 0 Å². The van der Waals surface area contributed by atoms with Crippen LogP contribution in [-0.2, 0) is 12.8 Å². The minimum atomic E-state index is -0.191. The Bertz CT molecular complexity index is 584. The standard InChI is InChI=1S/C17H20FIN2/c1-3-12-5-7-14(21-11-12)10-17(20-4-2)15-8-6-13(18)9-16(15)19/h5-9,11,17,20H,3-4,10H2,1-2H3. The highest BCUT2D eigenvalue weighted by Crippen LogP contribution is 2.24. The molecule has 1 N–H and O–H groups in total. The zero-order valence-corrected chi connectivity index (χ0v) is 14.5. The minimum absolute atomic E-state index is 0.155. The van der Waals surface area contributed by atoms with Crippen molar-refractivity contribution in [1.82, 2.24) is 10.3 Å². The molecule has 0 saturated heterocycles. The Hall–Kier alpha value is -1.01. The zero-order valence-electron chi connectivity index (χ0n) is 12.4. The van der Waals surface area contributed by atoms with Gasteiger partial charge in [-0.25, -0.2) is 4.39 Å². The van der Waals surface area contributed by atoms with Crippen LogP contribution in [-0.4, -0.2) is 11.5 Å². The monoisotopic (exact) mass is 398 g/mol. The smallest absolute Gasteiger partial charge is 0.124 e. The van der Waals surface area contributed by atoms with Gasteiger partial charge in [-0.15, -0.1) is 0 Å². The Labute approximate surface area is 139 Å². The average Bonchev–Trinajstić information content (AvgIpc) is 2.48. The van der Waals surface area contributed by atoms with Crippen LogP contribution in [0.1, 0.15) is 36.7 Å². The fourth-order valence-corrected chi connectivity index (χ4v) is 3.17. The van der Waals surface area contributed by atoms with Crippen LogP contribution in [0.5, 0.6) is 0 Å². The summed E-state index contributed by atoms with van der Waals surface area (Å²) in [7, 11) is 0. The Kier molecular flexibility index (Phi) is 6.11. The second-order valence-electron chi connectivity index (χ2n) is 4.99. The number of benzene rings is 1. The van der Waals surface area contributed by atoms with Crippen molar-refractivity contribution in [3.8, 4) is 0 Å². The molecule has 0 aliphatic heterocycles. The van der Waals surface area contributed by atoms with E-state index in [-0.39, 0.29) is 11.9 Å². The van der Waals surface area contributed by atoms with Crippen LogP contribution < -0.4 is 5.32 Å². The fraction of sp³-hybridized carbons (Fsp3) is 0.353. The molecule has 0 amide bonds. The number of rotatable bonds is 6. The summed E-state index contributed by atoms with van der Waals surface area (Å²) >= 11 is 2.19. The van der Waals surface area contributed by atoms with Crippen molar-refractivity contribution in [2.75, 3.05) is 6.54 Å². The maximum absolute atomic E-state index is 13.3. The topological polar surface area (TPSA) is 24.9 Å². The van der Waals surface area contributed by atoms with Crippen molar-refractivity contribution in [3.05, 3.63) is 62.7 Å². The predicted octanol–water partition coefficient (Wildman–Crippen LogP) is 4.28. The normalized spacial score (nSPS) is 12.4. The summed E-state index contributed by atoms with van der Waals surface area (Å²) in [6.45, 7) is 5.07. The van der Waals surface area contributed by atoms with Crippen molar-refractivity contribution in [2.45, 2.75) is 32.7 Å². The second kappa shape index (κ2) is 7.84. The lowest BCUT2D eigenvalue weighted by molar-refractivity contribution is 0.539. The number of aromatic nitrogens is 1. The van der Waals surface area contributed by atoms with Crippen LogP contribution in [0.2, 0.25) is 0 Å². The van der Waals surface area contributed by atoms with Crippen molar-refractivity contribution in [2.24, 2.45) is 0 Å². The summed E-state index contributed by atoms with van der Waals surface area (Å²) in [5.74, 6) is -0.191. The van der Waals surface area contributed by atoms with E-state index >= 15 is 0 Å². The first-order valence-electron chi connectivity index (χ1n) is 7.26. The van der Waals surface area contributed by atoms with Crippen LogP contribution in [0.15, 0.2) is 36.5 Å². The molecule has 1 unspecified atom stereocenters. The van der Waals surface area contributed by atoms with Crippen molar-refractivity contribution in [3.63, 3.8) is 0 Å². The van der Waals surface area contributed by atoms with E-state index in [1.54, 1.807) is 6.07 Å². The number of likely N-dealkylation sites (N-methyl/N-ethyl adjacent to an activating group) is 1. The summed E-state index contributed by atoms with van der Waals surface area (Å²) in [5.41, 5.74) is 3.42. The Morgan fingerprint density at radius 3 is 2.62 bits per heavy atom. The van der Waals surface area contributed by atoms with Crippen LogP contribution in [0.3, 0.4) is 0 Å². The first-order valence-corrected chi connectivity index (χ1v) is 8.34. The van der Waals surface area contributed by atoms with E-state index < -0.39 is 0 Å². The van der Waals surface area contributed by atoms with Gasteiger partial charge in [0.2, 0.25) is 0 Å². The molecule has 0 radical (unpaired) electrons. The first kappa shape index (κ1) is 16.4. The van der Waals surface area contributed by atoms with Gasteiger partial charge in [0.25, 0.3) is 0 Å². The van der Waals surface area contributed by atoms with Gasteiger partial charge >= 0.3 is 0 Å². The van der Waals surface area contributed by atoms with E-state index in [9.17, 15) is 4.39 Å². The molecular formula is C17H20FIN2. The second-order valence-corrected chi connectivity index (χ2v) is 6.15. The highest BCUT2D eigenvalue weighted by atomic mass is 127. The number of hydrogen-bond donors (Lipinski definition) is 1. The SMILES string of the molecule is CCNC(Cc1ccc(CC)cn1)c1ccc(F)cc1I. The molecule has 21 heavy (non-hydrogen) atoms. The first-order chi connectivity index (χ1) is 10.1. The van der Waals surface area contributed by atoms with E-state index in [1.807, 2.05) is 12.3 Å². The number of aryl methyl sites for hydroxylation is 1. The molecule has 4 heteroatoms. The number of nitrogens with zero attached hydrogens (tertiary/aromatic N) is 1. The van der Waals surface area contributed by atoms with Crippen molar-refractivity contribution >= 4 is 22.6 Å². The molecule has 0 bridgehead atoms. The highest BCUT2D eigenvalue weighted by Gasteiger charge is 2.15. The van der Waals surface area contributed by atoms with Crippen molar-refractivity contribution < 1.29 is 4.39 Å². The minimum Gasteiger partial charge on any atom is -0.310 e. The van der Waals surface area contributed by atoms with E-state index in [2.05, 4.69) is 58.9 Å². The summed E-state index contributed by atoms with van der Waals surface area (Å²) in [5, 5.41) is 3.47. The van der Waals surface area contributed by atoms with Gasteiger partial charge in [0.1, 0.15) is 5.82 Å². The molecule has 0 fully saturated rings. The number of halogens is 2. The number of nitrogens with one attached hydrogen (secondary N) is 1. The fourth-order valence-electron chi connectivity index (χ4n) is 2.32. The third-order valence-electron chi connectivity index (χ3n) is 3.50. The molecule has 0 saturated carbocycles. The highest BCUT2D eigenvalue weighted by molar-refractivity contribution is 14.1. The molecule has 2 nitrogen and oxygen atoms in total. The zero-order chi connectivity index (χ0) is 15.2. The summed E-state index contributed by atoms with van der Waals surface area (Å²) in [4.78, 5) is 4.53. The van der Waals surface area contributed by atoms with Gasteiger partial charge in [-0.3, -0.25) is 4.98 Å². The molecule has 1 heterocycles. The Morgan fingerprint density at radius 1 is 1.24 bits per heavy atom. The van der Waals surface area contributed by atoms with Gasteiger partial charge in [-0.1, -0.05) is 26.0 Å².